The third-order valence-corrected chi connectivity index (χ3v) is 8.42. The third-order valence-electron chi connectivity index (χ3n) is 6.58. The number of nitrogens with zero attached hydrogens (tertiary/aromatic N) is 4. The first-order chi connectivity index (χ1) is 17.3. The second-order valence-corrected chi connectivity index (χ2v) is 11.2. The molecular weight excluding hydrogens is 484 g/mol. The fraction of sp³-hybridized carbons (Fsp3) is 0.458. The molecule has 4 unspecified atom stereocenters. The molecule has 190 valence electrons. The van der Waals surface area contributed by atoms with Crippen molar-refractivity contribution in [3.63, 3.8) is 0 Å². The highest BCUT2D eigenvalue weighted by atomic mass is 32.2. The SMILES string of the molecule is CC1CN(S(=O)(=O)c2ccc(Nc3nn(C4COCCC4C#N)c4cc[nH]c(=O)c34)cc2)CC(C)O1. The number of hydrogen-bond donors (Lipinski definition) is 2. The first-order valence-electron chi connectivity index (χ1n) is 11.9. The van der Waals surface area contributed by atoms with Gasteiger partial charge < -0.3 is 19.8 Å². The molecule has 36 heavy (non-hydrogen) atoms. The minimum Gasteiger partial charge on any atom is -0.379 e. The molecule has 0 aliphatic carbocycles. The van der Waals surface area contributed by atoms with E-state index in [0.717, 1.165) is 0 Å². The minimum atomic E-state index is -3.67. The summed E-state index contributed by atoms with van der Waals surface area (Å²) in [7, 11) is -3.67. The fourth-order valence-corrected chi connectivity index (χ4v) is 6.47. The van der Waals surface area contributed by atoms with Crippen LogP contribution in [0.3, 0.4) is 0 Å². The molecule has 0 saturated carbocycles. The van der Waals surface area contributed by atoms with Gasteiger partial charge in [0.2, 0.25) is 10.0 Å². The van der Waals surface area contributed by atoms with Gasteiger partial charge in [0.1, 0.15) is 5.39 Å². The van der Waals surface area contributed by atoms with E-state index in [0.29, 0.717) is 55.1 Å². The van der Waals surface area contributed by atoms with Crippen LogP contribution in [0.4, 0.5) is 11.5 Å². The summed E-state index contributed by atoms with van der Waals surface area (Å²) in [5.41, 5.74) is 0.845. The summed E-state index contributed by atoms with van der Waals surface area (Å²) in [6.45, 7) is 5.15. The standard InChI is InChI=1S/C24H28N6O5S/c1-15-12-29(13-16(2)35-15)36(32,33)19-5-3-18(4-6-19)27-23-22-20(7-9-26-24(22)31)30(28-23)21-14-34-10-8-17(21)11-25/h3-7,9,15-17,21H,8,10,12-14H2,1-2H3,(H,26,31)(H,27,28). The Balaban J connectivity index is 1.44. The van der Waals surface area contributed by atoms with Gasteiger partial charge in [-0.05, 0) is 50.6 Å². The van der Waals surface area contributed by atoms with E-state index in [2.05, 4.69) is 21.5 Å². The van der Waals surface area contributed by atoms with E-state index in [9.17, 15) is 18.5 Å². The van der Waals surface area contributed by atoms with Crippen LogP contribution in [0.1, 0.15) is 26.3 Å². The van der Waals surface area contributed by atoms with Crippen molar-refractivity contribution >= 4 is 32.4 Å². The molecule has 2 aliphatic rings. The molecular formula is C24H28N6O5S. The Labute approximate surface area is 208 Å². The summed E-state index contributed by atoms with van der Waals surface area (Å²) in [5.74, 6) is 0.0321. The van der Waals surface area contributed by atoms with Crippen molar-refractivity contribution in [2.45, 2.75) is 43.4 Å². The van der Waals surface area contributed by atoms with E-state index in [4.69, 9.17) is 9.47 Å². The van der Waals surface area contributed by atoms with Crippen molar-refractivity contribution in [1.82, 2.24) is 19.1 Å². The first kappa shape index (κ1) is 24.5. The number of anilines is 2. The predicted octanol–water partition coefficient (Wildman–Crippen LogP) is 2.37. The lowest BCUT2D eigenvalue weighted by atomic mass is 9.96. The summed E-state index contributed by atoms with van der Waals surface area (Å²) in [4.78, 5) is 15.6. The van der Waals surface area contributed by atoms with Crippen LogP contribution in [-0.2, 0) is 19.5 Å². The van der Waals surface area contributed by atoms with E-state index >= 15 is 0 Å². The number of nitrogens with one attached hydrogen (secondary N) is 2. The Morgan fingerprint density at radius 2 is 1.89 bits per heavy atom. The van der Waals surface area contributed by atoms with Crippen LogP contribution in [0.25, 0.3) is 10.9 Å². The molecule has 12 heteroatoms. The number of morpholine rings is 1. The molecule has 2 aliphatic heterocycles. The second kappa shape index (κ2) is 9.67. The molecule has 3 aromatic rings. The maximum Gasteiger partial charge on any atom is 0.261 e. The smallest absolute Gasteiger partial charge is 0.261 e. The minimum absolute atomic E-state index is 0.179. The van der Waals surface area contributed by atoms with E-state index in [1.54, 1.807) is 29.1 Å². The highest BCUT2D eigenvalue weighted by molar-refractivity contribution is 7.89. The van der Waals surface area contributed by atoms with E-state index in [1.807, 2.05) is 13.8 Å². The van der Waals surface area contributed by atoms with Crippen molar-refractivity contribution in [2.75, 3.05) is 31.6 Å². The number of benzene rings is 1. The van der Waals surface area contributed by atoms with Crippen molar-refractivity contribution in [2.24, 2.45) is 5.92 Å². The zero-order chi connectivity index (χ0) is 25.4. The van der Waals surface area contributed by atoms with Gasteiger partial charge in [0.25, 0.3) is 5.56 Å². The number of aromatic amines is 1. The number of fused-ring (bicyclic) bond motifs is 1. The highest BCUT2D eigenvalue weighted by Gasteiger charge is 2.33. The quantitative estimate of drug-likeness (QED) is 0.531. The highest BCUT2D eigenvalue weighted by Crippen LogP contribution is 2.32. The van der Waals surface area contributed by atoms with Crippen LogP contribution >= 0.6 is 0 Å². The second-order valence-electron chi connectivity index (χ2n) is 9.26. The maximum atomic E-state index is 13.2. The number of ether oxygens (including phenoxy) is 2. The monoisotopic (exact) mass is 512 g/mol. The molecule has 1 aromatic carbocycles. The molecule has 4 atom stereocenters. The summed E-state index contributed by atoms with van der Waals surface area (Å²) in [6, 6.07) is 10.1. The van der Waals surface area contributed by atoms with Gasteiger partial charge >= 0.3 is 0 Å². The van der Waals surface area contributed by atoms with Crippen molar-refractivity contribution < 1.29 is 17.9 Å². The van der Waals surface area contributed by atoms with Crippen LogP contribution in [0.2, 0.25) is 0 Å². The molecule has 4 heterocycles. The molecule has 5 rings (SSSR count). The number of nitriles is 1. The molecule has 2 aromatic heterocycles. The van der Waals surface area contributed by atoms with Crippen molar-refractivity contribution in [3.8, 4) is 6.07 Å². The molecule has 0 spiro atoms. The lowest BCUT2D eigenvalue weighted by molar-refractivity contribution is -0.0440. The van der Waals surface area contributed by atoms with Gasteiger partial charge in [-0.2, -0.15) is 14.7 Å². The van der Waals surface area contributed by atoms with Gasteiger partial charge in [-0.1, -0.05) is 0 Å². The third kappa shape index (κ3) is 4.51. The Morgan fingerprint density at radius 3 is 2.58 bits per heavy atom. The van der Waals surface area contributed by atoms with Gasteiger partial charge in [-0.15, -0.1) is 0 Å². The number of H-pyrrole nitrogens is 1. The van der Waals surface area contributed by atoms with Gasteiger partial charge in [0.15, 0.2) is 5.82 Å². The molecule has 0 bridgehead atoms. The van der Waals surface area contributed by atoms with Crippen molar-refractivity contribution in [3.05, 3.63) is 46.9 Å². The summed E-state index contributed by atoms with van der Waals surface area (Å²) >= 11 is 0. The van der Waals surface area contributed by atoms with Gasteiger partial charge in [-0.25, -0.2) is 8.42 Å². The van der Waals surface area contributed by atoms with Crippen molar-refractivity contribution in [1.29, 1.82) is 5.26 Å². The van der Waals surface area contributed by atoms with Crippen LogP contribution < -0.4 is 10.9 Å². The first-order valence-corrected chi connectivity index (χ1v) is 13.3. The Morgan fingerprint density at radius 1 is 1.17 bits per heavy atom. The Bertz CT molecular complexity index is 1450. The zero-order valence-electron chi connectivity index (χ0n) is 20.0. The maximum absolute atomic E-state index is 13.2. The Kier molecular flexibility index (Phi) is 6.57. The van der Waals surface area contributed by atoms with E-state index in [-0.39, 0.29) is 34.6 Å². The van der Waals surface area contributed by atoms with Crippen LogP contribution in [0, 0.1) is 17.2 Å². The molecule has 2 fully saturated rings. The lowest BCUT2D eigenvalue weighted by Gasteiger charge is -2.34. The average Bonchev–Trinajstić information content (AvgIpc) is 3.23. The van der Waals surface area contributed by atoms with E-state index in [1.165, 1.54) is 16.4 Å². The number of pyridine rings is 1. The zero-order valence-corrected chi connectivity index (χ0v) is 20.9. The largest absolute Gasteiger partial charge is 0.379 e. The molecule has 0 radical (unpaired) electrons. The number of aromatic nitrogens is 3. The normalized spacial score (nSPS) is 25.5. The number of rotatable bonds is 5. The molecule has 0 amide bonds. The van der Waals surface area contributed by atoms with Crippen LogP contribution in [-0.4, -0.2) is 66.0 Å². The fourth-order valence-electron chi connectivity index (χ4n) is 4.88. The topological polar surface area (TPSA) is 142 Å². The molecule has 2 saturated heterocycles. The van der Waals surface area contributed by atoms with Crippen LogP contribution in [0.15, 0.2) is 46.2 Å². The average molecular weight is 513 g/mol. The Hall–Kier alpha value is -3.24. The van der Waals surface area contributed by atoms with Crippen LogP contribution in [0.5, 0.6) is 0 Å². The summed E-state index contributed by atoms with van der Waals surface area (Å²) in [6.07, 6.45) is 1.78. The van der Waals surface area contributed by atoms with Gasteiger partial charge in [0, 0.05) is 31.6 Å². The summed E-state index contributed by atoms with van der Waals surface area (Å²) < 4.78 is 40.7. The number of sulfonamides is 1. The summed E-state index contributed by atoms with van der Waals surface area (Å²) in [5, 5.41) is 17.8. The van der Waals surface area contributed by atoms with E-state index < -0.39 is 10.0 Å². The number of hydrogen-bond acceptors (Lipinski definition) is 8. The lowest BCUT2D eigenvalue weighted by Crippen LogP contribution is -2.48. The molecule has 11 nitrogen and oxygen atoms in total. The predicted molar refractivity (Wildman–Crippen MR) is 132 cm³/mol. The molecule has 2 N–H and O–H groups in total. The van der Waals surface area contributed by atoms with Gasteiger partial charge in [-0.3, -0.25) is 9.48 Å². The van der Waals surface area contributed by atoms with Gasteiger partial charge in [0.05, 0.1) is 47.3 Å².